The summed E-state index contributed by atoms with van der Waals surface area (Å²) in [4.78, 5) is 39.8. The van der Waals surface area contributed by atoms with E-state index in [0.29, 0.717) is 27.9 Å². The second kappa shape index (κ2) is 12.5. The zero-order valence-corrected chi connectivity index (χ0v) is 23.8. The van der Waals surface area contributed by atoms with Crippen LogP contribution in [0.25, 0.3) is 11.3 Å². The van der Waals surface area contributed by atoms with E-state index in [0.717, 1.165) is 11.1 Å². The largest absolute Gasteiger partial charge is 0.340 e. The summed E-state index contributed by atoms with van der Waals surface area (Å²) < 4.78 is 68.6. The minimum Gasteiger partial charge on any atom is -0.340 e. The van der Waals surface area contributed by atoms with Crippen LogP contribution in [-0.2, 0) is 11.3 Å². The van der Waals surface area contributed by atoms with E-state index < -0.39 is 49.8 Å². The van der Waals surface area contributed by atoms with E-state index in [1.54, 1.807) is 36.8 Å². The molecule has 1 saturated heterocycles. The van der Waals surface area contributed by atoms with E-state index in [-0.39, 0.29) is 16.0 Å². The van der Waals surface area contributed by atoms with Gasteiger partial charge in [0.2, 0.25) is 11.9 Å². The fraction of sp³-hybridized carbons (Fsp3) is 0.303. The molecule has 0 atom stereocenters. The third-order valence-corrected chi connectivity index (χ3v) is 6.35. The Morgan fingerprint density at radius 1 is 0.976 bits per heavy atom. The number of rotatable bonds is 7. The van der Waals surface area contributed by atoms with Crippen molar-refractivity contribution in [3.63, 3.8) is 0 Å². The summed E-state index contributed by atoms with van der Waals surface area (Å²) in [6.45, 7) is -7.20. The lowest BCUT2D eigenvalue weighted by molar-refractivity contribution is -0.141. The maximum atomic E-state index is 13.2. The normalized spacial score (nSPS) is 21.6. The summed E-state index contributed by atoms with van der Waals surface area (Å²) in [5.74, 6) is -1.19. The zero-order valence-electron chi connectivity index (χ0n) is 31.8. The standard InChI is InChI=1S/C33H37N7O2/c1-23-7-12-27(20-29(23)38-32-35-15-13-28(37-32)26-6-5-14-34-21-26)36-30(41)25-10-8-24(9-11-25)22-39-16-18-40(19-17-39)31(42)33(2,3)4/h5-15,20-21H,16-19,22H2,1-4H3,(H,36,41)(H,35,37,38)/i16D2,17D2,18D2,19D2. The summed E-state index contributed by atoms with van der Waals surface area (Å²) in [6, 6.07) is 16.6. The molecule has 1 aliphatic heterocycles. The molecule has 0 aliphatic carbocycles. The first kappa shape index (κ1) is 20.3. The van der Waals surface area contributed by atoms with Crippen LogP contribution in [-0.4, -0.2) is 62.6 Å². The van der Waals surface area contributed by atoms with Gasteiger partial charge in [-0.1, -0.05) is 39.0 Å². The van der Waals surface area contributed by atoms with Gasteiger partial charge in [0.25, 0.3) is 5.91 Å². The Morgan fingerprint density at radius 2 is 1.74 bits per heavy atom. The van der Waals surface area contributed by atoms with E-state index in [9.17, 15) is 9.59 Å². The quantitative estimate of drug-likeness (QED) is 0.301. The van der Waals surface area contributed by atoms with Gasteiger partial charge in [0.15, 0.2) is 0 Å². The minimum absolute atomic E-state index is 0.0580. The third-order valence-electron chi connectivity index (χ3n) is 6.35. The number of amides is 2. The first-order chi connectivity index (χ1) is 23.2. The molecule has 1 fully saturated rings. The third kappa shape index (κ3) is 7.16. The second-order valence-corrected chi connectivity index (χ2v) is 10.7. The van der Waals surface area contributed by atoms with E-state index in [1.165, 1.54) is 45.0 Å². The number of benzene rings is 2. The molecule has 0 bridgehead atoms. The van der Waals surface area contributed by atoms with Crippen LogP contribution in [0.3, 0.4) is 0 Å². The first-order valence-electron chi connectivity index (χ1n) is 17.3. The van der Waals surface area contributed by atoms with Gasteiger partial charge in [0.05, 0.1) is 11.2 Å². The molecule has 0 spiro atoms. The Kier molecular flexibility index (Phi) is 6.03. The number of hydrogen-bond donors (Lipinski definition) is 2. The van der Waals surface area contributed by atoms with Crippen LogP contribution in [0.15, 0.2) is 79.3 Å². The van der Waals surface area contributed by atoms with E-state index in [4.69, 9.17) is 11.0 Å². The molecule has 9 nitrogen and oxygen atoms in total. The summed E-state index contributed by atoms with van der Waals surface area (Å²) in [5.41, 5.74) is 2.72. The van der Waals surface area contributed by atoms with Crippen molar-refractivity contribution in [1.82, 2.24) is 24.8 Å². The predicted octanol–water partition coefficient (Wildman–Crippen LogP) is 5.53. The molecular formula is C33H37N7O2. The summed E-state index contributed by atoms with van der Waals surface area (Å²) in [7, 11) is 0. The number of pyridine rings is 1. The van der Waals surface area contributed by atoms with Crippen molar-refractivity contribution < 1.29 is 20.6 Å². The molecule has 1 aliphatic rings. The van der Waals surface area contributed by atoms with Gasteiger partial charge in [-0.15, -0.1) is 0 Å². The molecular weight excluding hydrogens is 526 g/mol. The van der Waals surface area contributed by atoms with Crippen LogP contribution < -0.4 is 10.6 Å². The fourth-order valence-corrected chi connectivity index (χ4v) is 3.99. The number of hydrogen-bond acceptors (Lipinski definition) is 7. The highest BCUT2D eigenvalue weighted by Crippen LogP contribution is 2.25. The minimum atomic E-state index is -3.25. The Labute approximate surface area is 258 Å². The van der Waals surface area contributed by atoms with Crippen LogP contribution >= 0.6 is 0 Å². The van der Waals surface area contributed by atoms with Gasteiger partial charge in [-0.05, 0) is 60.5 Å². The molecule has 42 heavy (non-hydrogen) atoms. The Bertz CT molecular complexity index is 1870. The number of carbonyl (C=O) groups excluding carboxylic acids is 2. The lowest BCUT2D eigenvalue weighted by atomic mass is 9.94. The maximum Gasteiger partial charge on any atom is 0.255 e. The average molecular weight is 572 g/mol. The van der Waals surface area contributed by atoms with Gasteiger partial charge >= 0.3 is 0 Å². The summed E-state index contributed by atoms with van der Waals surface area (Å²) in [5, 5.41) is 6.02. The molecule has 2 amide bonds. The topological polar surface area (TPSA) is 103 Å². The van der Waals surface area contributed by atoms with Crippen molar-refractivity contribution in [2.45, 2.75) is 34.2 Å². The Morgan fingerprint density at radius 3 is 2.43 bits per heavy atom. The van der Waals surface area contributed by atoms with Gasteiger partial charge < -0.3 is 15.5 Å². The summed E-state index contributed by atoms with van der Waals surface area (Å²) >= 11 is 0. The first-order valence-corrected chi connectivity index (χ1v) is 13.3. The summed E-state index contributed by atoms with van der Waals surface area (Å²) in [6.07, 6.45) is 5.01. The maximum absolute atomic E-state index is 13.2. The van der Waals surface area contributed by atoms with Crippen LogP contribution in [0.1, 0.15) is 53.2 Å². The number of carbonyl (C=O) groups is 2. The molecule has 0 saturated carbocycles. The second-order valence-electron chi connectivity index (χ2n) is 10.7. The molecule has 216 valence electrons. The smallest absolute Gasteiger partial charge is 0.255 e. The van der Waals surface area contributed by atoms with Crippen molar-refractivity contribution in [3.05, 3.63) is 95.9 Å². The van der Waals surface area contributed by atoms with Crippen LogP contribution in [0, 0.1) is 12.3 Å². The fourth-order valence-electron chi connectivity index (χ4n) is 3.99. The monoisotopic (exact) mass is 571 g/mol. The molecule has 2 N–H and O–H groups in total. The molecule has 2 aromatic carbocycles. The highest BCUT2D eigenvalue weighted by molar-refractivity contribution is 6.04. The molecule has 9 heteroatoms. The molecule has 3 heterocycles. The lowest BCUT2D eigenvalue weighted by Gasteiger charge is -2.37. The average Bonchev–Trinajstić information content (AvgIpc) is 3.04. The van der Waals surface area contributed by atoms with Crippen LogP contribution in [0.5, 0.6) is 0 Å². The highest BCUT2D eigenvalue weighted by atomic mass is 16.2. The van der Waals surface area contributed by atoms with Gasteiger partial charge in [-0.25, -0.2) is 9.97 Å². The van der Waals surface area contributed by atoms with Gasteiger partial charge in [0.1, 0.15) is 0 Å². The number of nitrogens with one attached hydrogen (secondary N) is 2. The SMILES string of the molecule is [2H]C1([2H])N(Cc2ccc(C(=O)Nc3ccc(C)c(Nc4nccc(-c5cccnc5)n4)c3)cc2)C([2H])([2H])C([2H])([2H])N(C(=O)C(C)(C)C)C1([2H])[2H]. The van der Waals surface area contributed by atoms with E-state index >= 15 is 0 Å². The van der Waals surface area contributed by atoms with E-state index in [1.807, 2.05) is 25.1 Å². The molecule has 4 aromatic rings. The van der Waals surface area contributed by atoms with Crippen molar-refractivity contribution in [1.29, 1.82) is 0 Å². The Balaban J connectivity index is 1.32. The highest BCUT2D eigenvalue weighted by Gasteiger charge is 2.29. The lowest BCUT2D eigenvalue weighted by Crippen LogP contribution is -2.51. The number of nitrogens with zero attached hydrogens (tertiary/aromatic N) is 5. The molecule has 0 unspecified atom stereocenters. The predicted molar refractivity (Wildman–Crippen MR) is 165 cm³/mol. The molecule has 0 radical (unpaired) electrons. The number of aromatic nitrogens is 3. The molecule has 5 rings (SSSR count). The van der Waals surface area contributed by atoms with Gasteiger partial charge in [-0.2, -0.15) is 0 Å². The van der Waals surface area contributed by atoms with Crippen LogP contribution in [0.2, 0.25) is 0 Å². The van der Waals surface area contributed by atoms with Crippen molar-refractivity contribution in [2.24, 2.45) is 5.41 Å². The number of aryl methyl sites for hydroxylation is 1. The van der Waals surface area contributed by atoms with Crippen molar-refractivity contribution in [3.8, 4) is 11.3 Å². The Hall–Kier alpha value is -4.63. The van der Waals surface area contributed by atoms with Gasteiger partial charge in [-0.3, -0.25) is 19.5 Å². The van der Waals surface area contributed by atoms with Crippen molar-refractivity contribution in [2.75, 3.05) is 36.6 Å². The van der Waals surface area contributed by atoms with Crippen molar-refractivity contribution >= 4 is 29.1 Å². The molecule has 2 aromatic heterocycles. The number of anilines is 3. The van der Waals surface area contributed by atoms with Gasteiger partial charge in [0, 0.05) is 84.5 Å². The number of piperazine rings is 1. The van der Waals surface area contributed by atoms with Crippen LogP contribution in [0.4, 0.5) is 17.3 Å². The van der Waals surface area contributed by atoms with E-state index in [2.05, 4.69) is 25.6 Å². The zero-order chi connectivity index (χ0) is 36.9.